The van der Waals surface area contributed by atoms with Crippen molar-refractivity contribution in [3.63, 3.8) is 0 Å². The van der Waals surface area contributed by atoms with Crippen LogP contribution >= 0.6 is 34.7 Å². The molecule has 3 saturated heterocycles. The Bertz CT molecular complexity index is 1950. The van der Waals surface area contributed by atoms with Gasteiger partial charge in [-0.05, 0) is 39.8 Å². The first-order valence-electron chi connectivity index (χ1n) is 16.9. The van der Waals surface area contributed by atoms with Gasteiger partial charge in [-0.15, -0.1) is 23.1 Å². The largest absolute Gasteiger partial charge is 0.504 e. The van der Waals surface area contributed by atoms with Crippen molar-refractivity contribution in [1.29, 1.82) is 0 Å². The summed E-state index contributed by atoms with van der Waals surface area (Å²) < 4.78 is 0.728. The van der Waals surface area contributed by atoms with Gasteiger partial charge in [0.15, 0.2) is 22.3 Å². The molecule has 0 radical (unpaired) electrons. The number of quaternary nitrogens is 1. The van der Waals surface area contributed by atoms with Crippen LogP contribution in [0.5, 0.6) is 11.5 Å². The fourth-order valence-electron chi connectivity index (χ4n) is 7.67. The zero-order valence-electron chi connectivity index (χ0n) is 29.6. The van der Waals surface area contributed by atoms with Crippen molar-refractivity contribution in [2.24, 2.45) is 5.16 Å². The fourth-order valence-corrected chi connectivity index (χ4v) is 10.0. The van der Waals surface area contributed by atoms with E-state index in [0.717, 1.165) is 46.0 Å². The minimum Gasteiger partial charge on any atom is -0.504 e. The van der Waals surface area contributed by atoms with Gasteiger partial charge in [0.1, 0.15) is 23.7 Å². The number of piperidine rings is 1. The van der Waals surface area contributed by atoms with Gasteiger partial charge in [-0.1, -0.05) is 16.8 Å². The normalized spacial score (nSPS) is 28.2. The van der Waals surface area contributed by atoms with Crippen molar-refractivity contribution in [2.75, 3.05) is 19.3 Å². The zero-order valence-corrected chi connectivity index (χ0v) is 32.0. The molecule has 2 bridgehead atoms. The SMILES string of the molecule is CC1=C(C[N@+]2(C)[C@@H]3CC[C@H]2C[C@@H](NC(=O)C(=O)c2ccc(O)c(O)c2Cl)C3)[C@H](C)S[C@@H]2[C@H](NC(=O)/C(=N\OC(C)(C)C(=O)O)c3csc(N)n3)C(=O)N12. The first kappa shape index (κ1) is 38.3. The Labute approximate surface area is 318 Å². The molecule has 5 heterocycles. The van der Waals surface area contributed by atoms with Crippen molar-refractivity contribution in [1.82, 2.24) is 20.5 Å². The molecule has 3 amide bonds. The Morgan fingerprint density at radius 2 is 1.81 bits per heavy atom. The van der Waals surface area contributed by atoms with Crippen LogP contribution in [0, 0.1) is 0 Å². The molecule has 284 valence electrons. The van der Waals surface area contributed by atoms with E-state index in [0.29, 0.717) is 19.4 Å². The molecule has 0 saturated carbocycles. The van der Waals surface area contributed by atoms with E-state index >= 15 is 0 Å². The number of likely N-dealkylation sites (N-methyl/N-ethyl adjacent to an activating group) is 1. The van der Waals surface area contributed by atoms with Crippen molar-refractivity contribution >= 4 is 75.0 Å². The molecule has 1 aromatic carbocycles. The number of thioether (sulfide) groups is 1. The minimum atomic E-state index is -1.74. The maximum atomic E-state index is 13.6. The van der Waals surface area contributed by atoms with Gasteiger partial charge in [-0.3, -0.25) is 24.1 Å². The third-order valence-corrected chi connectivity index (χ3v) is 13.4. The topological polar surface area (TPSA) is 234 Å². The van der Waals surface area contributed by atoms with Gasteiger partial charge < -0.3 is 41.0 Å². The number of nitrogens with zero attached hydrogens (tertiary/aromatic N) is 4. The number of hydrogen-bond donors (Lipinski definition) is 6. The lowest BCUT2D eigenvalue weighted by atomic mass is 9.92. The van der Waals surface area contributed by atoms with Gasteiger partial charge in [0.2, 0.25) is 5.60 Å². The molecule has 0 unspecified atom stereocenters. The van der Waals surface area contributed by atoms with Crippen LogP contribution in [0.15, 0.2) is 33.9 Å². The molecule has 4 aliphatic rings. The predicted molar refractivity (Wildman–Crippen MR) is 196 cm³/mol. The first-order chi connectivity index (χ1) is 24.8. The number of thiazole rings is 1. The molecule has 53 heavy (non-hydrogen) atoms. The number of amides is 3. The molecule has 3 fully saturated rings. The minimum absolute atomic E-state index is 0.00537. The number of aromatic hydroxyl groups is 2. The molecule has 0 aliphatic carbocycles. The third kappa shape index (κ3) is 6.92. The highest BCUT2D eigenvalue weighted by atomic mass is 35.5. The quantitative estimate of drug-likeness (QED) is 0.0367. The molecule has 1 aromatic heterocycles. The predicted octanol–water partition coefficient (Wildman–Crippen LogP) is 2.58. The van der Waals surface area contributed by atoms with Gasteiger partial charge in [-0.25, -0.2) is 9.78 Å². The molecule has 16 nitrogen and oxygen atoms in total. The molecule has 2 aromatic rings. The lowest BCUT2D eigenvalue weighted by Gasteiger charge is -2.53. The number of rotatable bonds is 11. The van der Waals surface area contributed by atoms with Crippen LogP contribution in [-0.4, -0.2) is 119 Å². The maximum Gasteiger partial charge on any atom is 0.350 e. The number of phenols is 2. The van der Waals surface area contributed by atoms with E-state index in [1.54, 1.807) is 16.7 Å². The number of carbonyl (C=O) groups excluding carboxylic acids is 4. The molecule has 0 spiro atoms. The number of nitrogen functional groups attached to an aromatic ring is 1. The lowest BCUT2D eigenvalue weighted by Crippen LogP contribution is -2.71. The highest BCUT2D eigenvalue weighted by Gasteiger charge is 2.57. The van der Waals surface area contributed by atoms with Crippen molar-refractivity contribution in [3.05, 3.63) is 45.1 Å². The summed E-state index contributed by atoms with van der Waals surface area (Å²) in [6.07, 6.45) is 3.17. The number of aromatic nitrogens is 1. The van der Waals surface area contributed by atoms with Crippen LogP contribution in [0.2, 0.25) is 5.02 Å². The average molecular weight is 791 g/mol. The molecule has 7 atom stereocenters. The van der Waals surface area contributed by atoms with E-state index in [4.69, 9.17) is 22.2 Å². The third-order valence-electron chi connectivity index (χ3n) is 10.9. The number of Topliss-reactive ketones (excluding diaryl/α,β-unsaturated/α-hetero) is 1. The Kier molecular flexibility index (Phi) is 10.2. The summed E-state index contributed by atoms with van der Waals surface area (Å²) in [7, 11) is 2.20. The number of fused-ring (bicyclic) bond motifs is 3. The number of β-lactam (4-membered cyclic amide) rings is 1. The number of phenolic OH excluding ortho intramolecular Hbond substituents is 2. The number of carboxylic acids is 1. The zero-order chi connectivity index (χ0) is 38.7. The summed E-state index contributed by atoms with van der Waals surface area (Å²) in [6.45, 7) is 7.25. The Morgan fingerprint density at radius 3 is 2.42 bits per heavy atom. The van der Waals surface area contributed by atoms with Crippen LogP contribution in [0.1, 0.15) is 69.4 Å². The summed E-state index contributed by atoms with van der Waals surface area (Å²) in [5.74, 6) is -5.22. The number of nitrogens with one attached hydrogen (secondary N) is 2. The number of carbonyl (C=O) groups is 5. The second-order valence-electron chi connectivity index (χ2n) is 14.5. The van der Waals surface area contributed by atoms with Gasteiger partial charge in [0.05, 0.1) is 29.7 Å². The smallest absolute Gasteiger partial charge is 0.350 e. The Hall–Kier alpha value is -4.39. The van der Waals surface area contributed by atoms with Crippen molar-refractivity contribution in [2.45, 2.75) is 93.8 Å². The van der Waals surface area contributed by atoms with E-state index in [2.05, 4.69) is 34.7 Å². The van der Waals surface area contributed by atoms with Crippen LogP contribution < -0.4 is 16.4 Å². The van der Waals surface area contributed by atoms with E-state index in [1.807, 2.05) is 6.92 Å². The number of allylic oxidation sites excluding steroid dienone is 1. The van der Waals surface area contributed by atoms with Crippen LogP contribution in [0.4, 0.5) is 5.13 Å². The summed E-state index contributed by atoms with van der Waals surface area (Å²) >= 11 is 8.65. The molecule has 4 aliphatic heterocycles. The number of carboxylic acid groups (broad SMARTS) is 1. The number of benzene rings is 1. The monoisotopic (exact) mass is 790 g/mol. The van der Waals surface area contributed by atoms with E-state index in [1.165, 1.54) is 25.3 Å². The van der Waals surface area contributed by atoms with E-state index in [9.17, 15) is 39.3 Å². The highest BCUT2D eigenvalue weighted by Crippen LogP contribution is 2.48. The maximum absolute atomic E-state index is 13.6. The number of halogens is 1. The van der Waals surface area contributed by atoms with Crippen LogP contribution in [0.25, 0.3) is 0 Å². The molecular formula is C34H41ClN7O9S2+. The summed E-state index contributed by atoms with van der Waals surface area (Å²) in [6, 6.07) is 1.57. The van der Waals surface area contributed by atoms with E-state index in [-0.39, 0.29) is 61.8 Å². The van der Waals surface area contributed by atoms with Gasteiger partial charge >= 0.3 is 5.97 Å². The number of ketones is 1. The highest BCUT2D eigenvalue weighted by molar-refractivity contribution is 8.00. The van der Waals surface area contributed by atoms with Crippen LogP contribution in [-0.2, 0) is 24.0 Å². The van der Waals surface area contributed by atoms with Gasteiger partial charge in [-0.2, -0.15) is 0 Å². The second-order valence-corrected chi connectivity index (χ2v) is 17.2. The standard InChI is InChI=1S/C34H40ClN7O9S2/c1-14-20(12-42(5)17-6-7-18(42)11-16(10-17)37-29(47)26(44)19-8-9-22(43)27(45)23(19)35)15(2)53-31-25(30(48)41(14)31)39-28(46)24(21-13-52-33(36)38-21)40-51-34(3,4)32(49)50/h8-9,13,15-18,25,31H,6-7,10-12H2,1-5H3,(H6-,36,37,38,39,40,43,44,45,46,47,49,50)/p+1/t15-,16-,17+,18-,25+,31+,42+/m0/s1. The van der Waals surface area contributed by atoms with Gasteiger partial charge in [0.25, 0.3) is 23.5 Å². The summed E-state index contributed by atoms with van der Waals surface area (Å²) in [4.78, 5) is 75.6. The molecule has 7 N–H and O–H groups in total. The van der Waals surface area contributed by atoms with Crippen LogP contribution in [0.3, 0.4) is 0 Å². The lowest BCUT2D eigenvalue weighted by molar-refractivity contribution is -0.944. The van der Waals surface area contributed by atoms with Crippen molar-refractivity contribution in [3.8, 4) is 11.5 Å². The number of nitrogens with two attached hydrogens (primary N) is 1. The summed E-state index contributed by atoms with van der Waals surface area (Å²) in [5.41, 5.74) is 5.57. The number of aliphatic carboxylic acids is 1. The number of anilines is 1. The molecular weight excluding hydrogens is 750 g/mol. The van der Waals surface area contributed by atoms with Gasteiger partial charge in [0, 0.05) is 53.6 Å². The van der Waals surface area contributed by atoms with Crippen molar-refractivity contribution < 1.29 is 48.6 Å². The average Bonchev–Trinajstić information content (AvgIpc) is 3.56. The van der Waals surface area contributed by atoms with E-state index < -0.39 is 46.7 Å². The molecule has 19 heteroatoms. The second kappa shape index (κ2) is 14.1. The fraction of sp³-hybridized carbons (Fsp3) is 0.500. The number of hydrogen-bond acceptors (Lipinski definition) is 13. The first-order valence-corrected chi connectivity index (χ1v) is 19.1. The molecule has 6 rings (SSSR count). The Morgan fingerprint density at radius 1 is 1.15 bits per heavy atom. The Balaban J connectivity index is 1.12. The number of oxime groups is 1. The summed E-state index contributed by atoms with van der Waals surface area (Å²) in [5, 5.41) is 39.4.